The number of fused-ring (bicyclic) bond motifs is 10. The van der Waals surface area contributed by atoms with Crippen molar-refractivity contribution in [1.29, 1.82) is 0 Å². The Bertz CT molecular complexity index is 2780. The zero-order chi connectivity index (χ0) is 30.9. The van der Waals surface area contributed by atoms with Crippen molar-refractivity contribution in [3.63, 3.8) is 0 Å². The fourth-order valence-electron chi connectivity index (χ4n) is 7.50. The average Bonchev–Trinajstić information content (AvgIpc) is 3.51. The maximum Gasteiger partial charge on any atom is 0.0433 e. The van der Waals surface area contributed by atoms with E-state index in [4.69, 9.17) is 0 Å². The highest BCUT2D eigenvalue weighted by molar-refractivity contribution is 7.26. The lowest BCUT2D eigenvalue weighted by atomic mass is 9.91. The van der Waals surface area contributed by atoms with Crippen LogP contribution in [0.25, 0.3) is 96.6 Å². The quantitative estimate of drug-likeness (QED) is 0.174. The Balaban J connectivity index is 0.997. The smallest absolute Gasteiger partial charge is 0.0433 e. The van der Waals surface area contributed by atoms with Crippen LogP contribution >= 0.6 is 11.3 Å². The molecular formula is C46H28S. The molecule has 0 aliphatic heterocycles. The summed E-state index contributed by atoms with van der Waals surface area (Å²) < 4.78 is 2.70. The molecule has 47 heavy (non-hydrogen) atoms. The minimum absolute atomic E-state index is 1.23. The first-order chi connectivity index (χ1) is 23.3. The summed E-state index contributed by atoms with van der Waals surface area (Å²) in [4.78, 5) is 0. The summed E-state index contributed by atoms with van der Waals surface area (Å²) in [6.07, 6.45) is 0. The van der Waals surface area contributed by atoms with Crippen molar-refractivity contribution in [1.82, 2.24) is 0 Å². The summed E-state index contributed by atoms with van der Waals surface area (Å²) in [5, 5.41) is 13.1. The first-order valence-corrected chi connectivity index (χ1v) is 17.0. The predicted octanol–water partition coefficient (Wildman–Crippen LogP) is 13.7. The van der Waals surface area contributed by atoms with Gasteiger partial charge in [-0.3, -0.25) is 0 Å². The van der Waals surface area contributed by atoms with E-state index in [0.29, 0.717) is 0 Å². The molecule has 0 spiro atoms. The van der Waals surface area contributed by atoms with Crippen molar-refractivity contribution in [2.75, 3.05) is 0 Å². The SMILES string of the molecule is c1ccc2cc3c(cc2c1)sc1c(-c2ccc(-c4ccc(-c5ccc6c7ccccc7c7ccccc7c6c5)cc4)cc2)cccc13. The topological polar surface area (TPSA) is 0 Å². The van der Waals surface area contributed by atoms with Crippen LogP contribution < -0.4 is 0 Å². The van der Waals surface area contributed by atoms with Crippen LogP contribution in [0, 0.1) is 0 Å². The second-order valence-electron chi connectivity index (χ2n) is 12.5. The van der Waals surface area contributed by atoms with Gasteiger partial charge in [0.2, 0.25) is 0 Å². The summed E-state index contributed by atoms with van der Waals surface area (Å²) in [6, 6.07) is 62.6. The monoisotopic (exact) mass is 612 g/mol. The molecule has 1 heteroatoms. The fraction of sp³-hybridized carbons (Fsp3) is 0. The van der Waals surface area contributed by atoms with Crippen molar-refractivity contribution < 1.29 is 0 Å². The highest BCUT2D eigenvalue weighted by Gasteiger charge is 2.13. The molecule has 0 bridgehead atoms. The summed E-state index contributed by atoms with van der Waals surface area (Å²) in [6.45, 7) is 0. The zero-order valence-corrected chi connectivity index (χ0v) is 26.4. The fourth-order valence-corrected chi connectivity index (χ4v) is 8.76. The highest BCUT2D eigenvalue weighted by Crippen LogP contribution is 2.42. The van der Waals surface area contributed by atoms with E-state index < -0.39 is 0 Å². The molecule has 10 rings (SSSR count). The van der Waals surface area contributed by atoms with Gasteiger partial charge in [0, 0.05) is 20.2 Å². The Morgan fingerprint density at radius 1 is 0.277 bits per heavy atom. The second kappa shape index (κ2) is 10.4. The molecule has 0 fully saturated rings. The number of rotatable bonds is 3. The van der Waals surface area contributed by atoms with Crippen molar-refractivity contribution in [2.45, 2.75) is 0 Å². The van der Waals surface area contributed by atoms with Crippen molar-refractivity contribution in [3.8, 4) is 33.4 Å². The third-order valence-corrected chi connectivity index (χ3v) is 11.1. The molecule has 1 heterocycles. The van der Waals surface area contributed by atoms with Crippen molar-refractivity contribution in [2.24, 2.45) is 0 Å². The van der Waals surface area contributed by atoms with E-state index in [0.717, 1.165) is 0 Å². The third kappa shape index (κ3) is 4.21. The van der Waals surface area contributed by atoms with E-state index in [1.807, 2.05) is 11.3 Å². The first kappa shape index (κ1) is 26.5. The minimum atomic E-state index is 1.23. The van der Waals surface area contributed by atoms with Crippen LogP contribution in [-0.2, 0) is 0 Å². The van der Waals surface area contributed by atoms with E-state index in [-0.39, 0.29) is 0 Å². The molecule has 218 valence electrons. The van der Waals surface area contributed by atoms with Gasteiger partial charge in [0.05, 0.1) is 0 Å². The Kier molecular flexibility index (Phi) is 5.85. The van der Waals surface area contributed by atoms with Gasteiger partial charge in [-0.25, -0.2) is 0 Å². The zero-order valence-electron chi connectivity index (χ0n) is 25.6. The molecule has 0 N–H and O–H groups in total. The molecule has 9 aromatic carbocycles. The Morgan fingerprint density at radius 2 is 0.745 bits per heavy atom. The van der Waals surface area contributed by atoms with E-state index in [1.165, 1.54) is 96.6 Å². The van der Waals surface area contributed by atoms with Crippen LogP contribution in [0.15, 0.2) is 170 Å². The third-order valence-electron chi connectivity index (χ3n) is 9.86. The summed E-state index contributed by atoms with van der Waals surface area (Å²) in [7, 11) is 0. The van der Waals surface area contributed by atoms with E-state index in [2.05, 4.69) is 170 Å². The average molecular weight is 613 g/mol. The van der Waals surface area contributed by atoms with Crippen LogP contribution in [0.2, 0.25) is 0 Å². The number of hydrogen-bond acceptors (Lipinski definition) is 1. The summed E-state index contributed by atoms with van der Waals surface area (Å²) in [5.74, 6) is 0. The maximum absolute atomic E-state index is 2.37. The normalized spacial score (nSPS) is 11.8. The van der Waals surface area contributed by atoms with Gasteiger partial charge < -0.3 is 0 Å². The molecule has 0 atom stereocenters. The molecule has 0 aliphatic carbocycles. The number of thiophene rings is 1. The van der Waals surface area contributed by atoms with Gasteiger partial charge in [0.25, 0.3) is 0 Å². The minimum Gasteiger partial charge on any atom is -0.135 e. The van der Waals surface area contributed by atoms with Crippen LogP contribution in [0.3, 0.4) is 0 Å². The molecular weight excluding hydrogens is 585 g/mol. The summed E-state index contributed by atoms with van der Waals surface area (Å²) in [5.41, 5.74) is 7.47. The lowest BCUT2D eigenvalue weighted by Gasteiger charge is -2.12. The van der Waals surface area contributed by atoms with Gasteiger partial charge in [0.1, 0.15) is 0 Å². The van der Waals surface area contributed by atoms with Gasteiger partial charge in [-0.15, -0.1) is 11.3 Å². The lowest BCUT2D eigenvalue weighted by Crippen LogP contribution is -1.85. The van der Waals surface area contributed by atoms with Crippen molar-refractivity contribution in [3.05, 3.63) is 170 Å². The molecule has 0 radical (unpaired) electrons. The van der Waals surface area contributed by atoms with Gasteiger partial charge in [-0.2, -0.15) is 0 Å². The molecule has 0 saturated heterocycles. The van der Waals surface area contributed by atoms with Gasteiger partial charge in [-0.05, 0) is 94.7 Å². The molecule has 0 unspecified atom stereocenters. The standard InChI is InChI=1S/C46H28S/c1-2-9-34-28-45-44(27-33(34)8-1)42-15-7-14-36(46(42)47-45)32-22-20-30(21-23-32)29-16-18-31(19-17-29)35-24-25-41-39-12-4-3-10-37(39)38-11-5-6-13-40(38)43(41)26-35/h1-28H. The Labute approximate surface area is 276 Å². The number of benzene rings is 9. The molecule has 1 aromatic heterocycles. The van der Waals surface area contributed by atoms with Crippen LogP contribution in [-0.4, -0.2) is 0 Å². The van der Waals surface area contributed by atoms with Gasteiger partial charge in [-0.1, -0.05) is 152 Å². The molecule has 10 aromatic rings. The van der Waals surface area contributed by atoms with Crippen LogP contribution in [0.4, 0.5) is 0 Å². The van der Waals surface area contributed by atoms with Crippen LogP contribution in [0.5, 0.6) is 0 Å². The Morgan fingerprint density at radius 3 is 1.38 bits per heavy atom. The van der Waals surface area contributed by atoms with E-state index >= 15 is 0 Å². The number of hydrogen-bond donors (Lipinski definition) is 0. The molecule has 0 nitrogen and oxygen atoms in total. The van der Waals surface area contributed by atoms with E-state index in [9.17, 15) is 0 Å². The highest BCUT2D eigenvalue weighted by atomic mass is 32.1. The lowest BCUT2D eigenvalue weighted by molar-refractivity contribution is 1.60. The van der Waals surface area contributed by atoms with Crippen LogP contribution in [0.1, 0.15) is 0 Å². The summed E-state index contributed by atoms with van der Waals surface area (Å²) >= 11 is 1.90. The van der Waals surface area contributed by atoms with Crippen molar-refractivity contribution >= 4 is 74.6 Å². The van der Waals surface area contributed by atoms with Gasteiger partial charge >= 0.3 is 0 Å². The maximum atomic E-state index is 2.37. The first-order valence-electron chi connectivity index (χ1n) is 16.2. The predicted molar refractivity (Wildman–Crippen MR) is 206 cm³/mol. The van der Waals surface area contributed by atoms with Gasteiger partial charge in [0.15, 0.2) is 0 Å². The largest absolute Gasteiger partial charge is 0.135 e. The van der Waals surface area contributed by atoms with E-state index in [1.54, 1.807) is 0 Å². The Hall–Kier alpha value is -5.76. The molecule has 0 amide bonds. The molecule has 0 aliphatic rings. The second-order valence-corrected chi connectivity index (χ2v) is 13.5. The molecule has 0 saturated carbocycles.